The van der Waals surface area contributed by atoms with E-state index in [0.29, 0.717) is 5.56 Å². The molecule has 0 unspecified atom stereocenters. The third-order valence-electron chi connectivity index (χ3n) is 7.54. The lowest BCUT2D eigenvalue weighted by Crippen LogP contribution is -2.24. The molecule has 0 saturated heterocycles. The number of hydrogen-bond donors (Lipinski definition) is 0. The molecule has 0 N–H and O–H groups in total. The first kappa shape index (κ1) is 22.3. The Morgan fingerprint density at radius 1 is 0.710 bits per heavy atom. The summed E-state index contributed by atoms with van der Waals surface area (Å²) in [6, 6.07) is 6.72. The summed E-state index contributed by atoms with van der Waals surface area (Å²) in [5.41, 5.74) is -0.313. The van der Waals surface area contributed by atoms with Crippen LogP contribution in [0.1, 0.15) is 75.3 Å². The van der Waals surface area contributed by atoms with Crippen molar-refractivity contribution in [3.63, 3.8) is 0 Å². The van der Waals surface area contributed by atoms with Crippen LogP contribution in [0.2, 0.25) is 0 Å². The SMILES string of the molecule is CC1CCC(C2CCC(c3cc(F)c(-c4ccc(C(F)(F)F)cc4)c(F)c3)CC2)CC1. The molecule has 2 aromatic carbocycles. The summed E-state index contributed by atoms with van der Waals surface area (Å²) in [6.45, 7) is 2.32. The number of benzene rings is 2. The van der Waals surface area contributed by atoms with Crippen LogP contribution in [-0.4, -0.2) is 0 Å². The van der Waals surface area contributed by atoms with Crippen molar-refractivity contribution in [2.45, 2.75) is 70.4 Å². The van der Waals surface area contributed by atoms with Gasteiger partial charge in [0.05, 0.1) is 11.1 Å². The molecule has 2 aliphatic carbocycles. The van der Waals surface area contributed by atoms with Crippen LogP contribution in [0.3, 0.4) is 0 Å². The lowest BCUT2D eigenvalue weighted by Gasteiger charge is -2.37. The lowest BCUT2D eigenvalue weighted by atomic mass is 9.68. The molecule has 0 heterocycles. The van der Waals surface area contributed by atoms with Crippen LogP contribution in [-0.2, 0) is 6.18 Å². The molecule has 0 nitrogen and oxygen atoms in total. The summed E-state index contributed by atoms with van der Waals surface area (Å²) >= 11 is 0. The van der Waals surface area contributed by atoms with Crippen LogP contribution in [0.15, 0.2) is 36.4 Å². The monoisotopic (exact) mass is 436 g/mol. The largest absolute Gasteiger partial charge is 0.416 e. The molecule has 168 valence electrons. The first-order valence-corrected chi connectivity index (χ1v) is 11.4. The molecule has 2 aromatic rings. The van der Waals surface area contributed by atoms with Gasteiger partial charge in [0.25, 0.3) is 0 Å². The van der Waals surface area contributed by atoms with Crippen molar-refractivity contribution in [3.8, 4) is 11.1 Å². The molecule has 0 bridgehead atoms. The summed E-state index contributed by atoms with van der Waals surface area (Å²) in [4.78, 5) is 0. The van der Waals surface area contributed by atoms with Crippen molar-refractivity contribution in [2.24, 2.45) is 17.8 Å². The summed E-state index contributed by atoms with van der Waals surface area (Å²) in [7, 11) is 0. The Kier molecular flexibility index (Phi) is 6.41. The van der Waals surface area contributed by atoms with Crippen LogP contribution in [0.25, 0.3) is 11.1 Å². The van der Waals surface area contributed by atoms with E-state index >= 15 is 0 Å². The van der Waals surface area contributed by atoms with Crippen molar-refractivity contribution in [1.29, 1.82) is 0 Å². The van der Waals surface area contributed by atoms with E-state index in [9.17, 15) is 22.0 Å². The molecule has 2 saturated carbocycles. The maximum absolute atomic E-state index is 14.8. The van der Waals surface area contributed by atoms with Crippen LogP contribution < -0.4 is 0 Å². The highest BCUT2D eigenvalue weighted by molar-refractivity contribution is 5.66. The Bertz CT molecular complexity index is 860. The summed E-state index contributed by atoms with van der Waals surface area (Å²) in [5.74, 6) is 1.08. The van der Waals surface area contributed by atoms with Gasteiger partial charge in [0.15, 0.2) is 0 Å². The minimum atomic E-state index is -4.48. The molecule has 2 fully saturated rings. The predicted molar refractivity (Wildman–Crippen MR) is 113 cm³/mol. The van der Waals surface area contributed by atoms with Crippen LogP contribution in [0.4, 0.5) is 22.0 Å². The topological polar surface area (TPSA) is 0 Å². The van der Waals surface area contributed by atoms with Gasteiger partial charge in [-0.05, 0) is 97.6 Å². The standard InChI is InChI=1S/C26H29F5/c1-16-2-4-17(5-3-16)18-6-8-19(9-7-18)21-14-23(27)25(24(28)15-21)20-10-12-22(13-11-20)26(29,30)31/h10-19H,2-9H2,1H3. The number of hydrogen-bond acceptors (Lipinski definition) is 0. The minimum Gasteiger partial charge on any atom is -0.206 e. The molecule has 0 spiro atoms. The van der Waals surface area contributed by atoms with E-state index < -0.39 is 23.4 Å². The zero-order valence-electron chi connectivity index (χ0n) is 17.8. The fourth-order valence-electron chi connectivity index (χ4n) is 5.61. The highest BCUT2D eigenvalue weighted by Crippen LogP contribution is 2.44. The van der Waals surface area contributed by atoms with E-state index in [1.165, 1.54) is 37.8 Å². The molecule has 4 rings (SSSR count). The van der Waals surface area contributed by atoms with Gasteiger partial charge in [0.1, 0.15) is 11.6 Å². The third kappa shape index (κ3) is 4.96. The van der Waals surface area contributed by atoms with Crippen molar-refractivity contribution in [2.75, 3.05) is 0 Å². The predicted octanol–water partition coefficient (Wildman–Crippen LogP) is 8.75. The van der Waals surface area contributed by atoms with E-state index in [2.05, 4.69) is 6.92 Å². The fraction of sp³-hybridized carbons (Fsp3) is 0.538. The Balaban J connectivity index is 1.45. The number of halogens is 5. The zero-order valence-corrected chi connectivity index (χ0v) is 17.8. The third-order valence-corrected chi connectivity index (χ3v) is 7.54. The van der Waals surface area contributed by atoms with Crippen LogP contribution in [0, 0.1) is 29.4 Å². The Morgan fingerprint density at radius 3 is 1.68 bits per heavy atom. The first-order chi connectivity index (χ1) is 14.7. The average Bonchev–Trinajstić information content (AvgIpc) is 2.74. The van der Waals surface area contributed by atoms with Gasteiger partial charge in [-0.15, -0.1) is 0 Å². The van der Waals surface area contributed by atoms with Gasteiger partial charge in [0, 0.05) is 0 Å². The quantitative estimate of drug-likeness (QED) is 0.422. The summed E-state index contributed by atoms with van der Waals surface area (Å²) in [6.07, 6.45) is 4.85. The summed E-state index contributed by atoms with van der Waals surface area (Å²) < 4.78 is 67.9. The van der Waals surface area contributed by atoms with Crippen LogP contribution >= 0.6 is 0 Å². The molecule has 0 radical (unpaired) electrons. The van der Waals surface area contributed by atoms with Crippen molar-refractivity contribution >= 4 is 0 Å². The van der Waals surface area contributed by atoms with E-state index in [-0.39, 0.29) is 17.0 Å². The van der Waals surface area contributed by atoms with Gasteiger partial charge in [-0.1, -0.05) is 31.9 Å². The fourth-order valence-corrected chi connectivity index (χ4v) is 5.61. The second-order valence-corrected chi connectivity index (χ2v) is 9.57. The van der Waals surface area contributed by atoms with E-state index in [0.717, 1.165) is 67.7 Å². The molecule has 31 heavy (non-hydrogen) atoms. The highest BCUT2D eigenvalue weighted by atomic mass is 19.4. The second-order valence-electron chi connectivity index (χ2n) is 9.57. The van der Waals surface area contributed by atoms with Gasteiger partial charge in [-0.3, -0.25) is 0 Å². The van der Waals surface area contributed by atoms with E-state index in [1.54, 1.807) is 0 Å². The van der Waals surface area contributed by atoms with Gasteiger partial charge >= 0.3 is 6.18 Å². The van der Waals surface area contributed by atoms with Gasteiger partial charge in [0.2, 0.25) is 0 Å². The van der Waals surface area contributed by atoms with Crippen LogP contribution in [0.5, 0.6) is 0 Å². The average molecular weight is 437 g/mol. The molecular formula is C26H29F5. The highest BCUT2D eigenvalue weighted by Gasteiger charge is 2.32. The Labute approximate surface area is 180 Å². The van der Waals surface area contributed by atoms with Crippen molar-refractivity contribution < 1.29 is 22.0 Å². The normalized spacial score (nSPS) is 27.3. The van der Waals surface area contributed by atoms with Gasteiger partial charge < -0.3 is 0 Å². The van der Waals surface area contributed by atoms with Crippen molar-refractivity contribution in [3.05, 3.63) is 59.2 Å². The number of alkyl halides is 3. The molecule has 0 aliphatic heterocycles. The van der Waals surface area contributed by atoms with Crippen molar-refractivity contribution in [1.82, 2.24) is 0 Å². The second kappa shape index (κ2) is 8.91. The number of rotatable bonds is 3. The van der Waals surface area contributed by atoms with E-state index in [1.807, 2.05) is 0 Å². The Hall–Kier alpha value is -1.91. The molecule has 0 aromatic heterocycles. The molecule has 2 aliphatic rings. The lowest BCUT2D eigenvalue weighted by molar-refractivity contribution is -0.137. The minimum absolute atomic E-state index is 0.116. The molecule has 0 atom stereocenters. The first-order valence-electron chi connectivity index (χ1n) is 11.4. The maximum Gasteiger partial charge on any atom is 0.416 e. The van der Waals surface area contributed by atoms with Gasteiger partial charge in [-0.2, -0.15) is 13.2 Å². The zero-order chi connectivity index (χ0) is 22.2. The van der Waals surface area contributed by atoms with E-state index in [4.69, 9.17) is 0 Å². The molecule has 0 amide bonds. The van der Waals surface area contributed by atoms with Gasteiger partial charge in [-0.25, -0.2) is 8.78 Å². The smallest absolute Gasteiger partial charge is 0.206 e. The Morgan fingerprint density at radius 2 is 1.19 bits per heavy atom. The summed E-state index contributed by atoms with van der Waals surface area (Å²) in [5, 5.41) is 0. The molecular weight excluding hydrogens is 407 g/mol. The maximum atomic E-state index is 14.8. The molecule has 5 heteroatoms.